The molecule has 0 aromatic heterocycles. The molecule has 2 aliphatic rings. The molecule has 4 nitrogen and oxygen atoms in total. The number of nitrogens with zero attached hydrogens (tertiary/aromatic N) is 1. The van der Waals surface area contributed by atoms with Gasteiger partial charge in [-0.1, -0.05) is 37.5 Å². The molecule has 1 aromatic carbocycles. The Kier molecular flexibility index (Phi) is 5.33. The van der Waals surface area contributed by atoms with E-state index in [9.17, 15) is 4.79 Å². The van der Waals surface area contributed by atoms with Gasteiger partial charge in [0.15, 0.2) is 0 Å². The van der Waals surface area contributed by atoms with E-state index in [0.717, 1.165) is 44.5 Å². The maximum atomic E-state index is 12.9. The highest BCUT2D eigenvalue weighted by atomic mass is 16.2. The Hall–Kier alpha value is -1.55. The predicted molar refractivity (Wildman–Crippen MR) is 90.1 cm³/mol. The second kappa shape index (κ2) is 7.63. The lowest BCUT2D eigenvalue weighted by atomic mass is 9.91. The van der Waals surface area contributed by atoms with Crippen molar-refractivity contribution < 1.29 is 4.79 Å². The van der Waals surface area contributed by atoms with Gasteiger partial charge in [0.05, 0.1) is 0 Å². The van der Waals surface area contributed by atoms with Gasteiger partial charge in [-0.2, -0.15) is 0 Å². The number of anilines is 1. The van der Waals surface area contributed by atoms with Gasteiger partial charge < -0.3 is 15.5 Å². The molecule has 2 fully saturated rings. The fraction of sp³-hybridized carbons (Fsp3) is 0.611. The summed E-state index contributed by atoms with van der Waals surface area (Å²) in [6, 6.07) is 10.7. The molecule has 0 atom stereocenters. The Morgan fingerprint density at radius 1 is 0.955 bits per heavy atom. The first-order chi connectivity index (χ1) is 10.8. The van der Waals surface area contributed by atoms with E-state index in [0.29, 0.717) is 12.1 Å². The van der Waals surface area contributed by atoms with Crippen LogP contribution in [0.5, 0.6) is 0 Å². The lowest BCUT2D eigenvalue weighted by molar-refractivity contribution is 0.117. The van der Waals surface area contributed by atoms with Crippen molar-refractivity contribution in [3.63, 3.8) is 0 Å². The fourth-order valence-electron chi connectivity index (χ4n) is 3.78. The molecular weight excluding hydrogens is 274 g/mol. The summed E-state index contributed by atoms with van der Waals surface area (Å²) in [6.45, 7) is 2.04. The number of hydrogen-bond acceptors (Lipinski definition) is 2. The molecule has 2 amide bonds. The minimum Gasteiger partial charge on any atom is -0.318 e. The molecule has 1 aliphatic carbocycles. The molecule has 2 N–H and O–H groups in total. The number of rotatable bonds is 3. The summed E-state index contributed by atoms with van der Waals surface area (Å²) in [6.07, 6.45) is 8.28. The minimum atomic E-state index is 0.0880. The number of carbonyl (C=O) groups is 1. The van der Waals surface area contributed by atoms with Crippen LogP contribution in [0.1, 0.15) is 44.9 Å². The van der Waals surface area contributed by atoms with Gasteiger partial charge in [0, 0.05) is 17.8 Å². The molecule has 0 unspecified atom stereocenters. The quantitative estimate of drug-likeness (QED) is 0.896. The summed E-state index contributed by atoms with van der Waals surface area (Å²) in [4.78, 5) is 15.1. The topological polar surface area (TPSA) is 44.4 Å². The first-order valence-corrected chi connectivity index (χ1v) is 8.69. The molecule has 22 heavy (non-hydrogen) atoms. The van der Waals surface area contributed by atoms with Crippen molar-refractivity contribution in [1.82, 2.24) is 10.2 Å². The smallest absolute Gasteiger partial charge is 0.318 e. The zero-order chi connectivity index (χ0) is 15.2. The number of para-hydroxylation sites is 1. The Labute approximate surface area is 133 Å². The van der Waals surface area contributed by atoms with Crippen LogP contribution < -0.4 is 10.6 Å². The molecule has 1 saturated carbocycles. The van der Waals surface area contributed by atoms with Crippen LogP contribution in [0.3, 0.4) is 0 Å². The minimum absolute atomic E-state index is 0.0880. The first kappa shape index (κ1) is 15.3. The van der Waals surface area contributed by atoms with Crippen LogP contribution in [0.4, 0.5) is 10.5 Å². The van der Waals surface area contributed by atoms with Crippen molar-refractivity contribution in [2.24, 2.45) is 0 Å². The number of carbonyl (C=O) groups excluding carboxylic acids is 1. The molecule has 4 heteroatoms. The first-order valence-electron chi connectivity index (χ1n) is 8.69. The van der Waals surface area contributed by atoms with Crippen LogP contribution in [-0.2, 0) is 0 Å². The SMILES string of the molecule is O=C(Nc1ccccc1)N(C1CCCCC1)C1CCNCC1. The summed E-state index contributed by atoms with van der Waals surface area (Å²) in [5.74, 6) is 0. The molecule has 1 aromatic rings. The maximum Gasteiger partial charge on any atom is 0.322 e. The summed E-state index contributed by atoms with van der Waals surface area (Å²) in [5.41, 5.74) is 0.891. The summed E-state index contributed by atoms with van der Waals surface area (Å²) in [5, 5.41) is 6.51. The highest BCUT2D eigenvalue weighted by molar-refractivity contribution is 5.89. The third kappa shape index (κ3) is 3.80. The second-order valence-corrected chi connectivity index (χ2v) is 6.48. The molecule has 0 radical (unpaired) electrons. The second-order valence-electron chi connectivity index (χ2n) is 6.48. The van der Waals surface area contributed by atoms with Crippen LogP contribution in [0, 0.1) is 0 Å². The van der Waals surface area contributed by atoms with E-state index < -0.39 is 0 Å². The Bertz CT molecular complexity index is 446. The molecule has 120 valence electrons. The van der Waals surface area contributed by atoms with Crippen molar-refractivity contribution in [3.8, 4) is 0 Å². The number of amides is 2. The molecule has 1 saturated heterocycles. The number of urea groups is 1. The predicted octanol–water partition coefficient (Wildman–Crippen LogP) is 3.61. The highest BCUT2D eigenvalue weighted by Crippen LogP contribution is 2.27. The molecule has 1 aliphatic heterocycles. The fourth-order valence-corrected chi connectivity index (χ4v) is 3.78. The Morgan fingerprint density at radius 3 is 2.27 bits per heavy atom. The van der Waals surface area contributed by atoms with Crippen LogP contribution in [0.2, 0.25) is 0 Å². The Balaban J connectivity index is 1.72. The Morgan fingerprint density at radius 2 is 1.59 bits per heavy atom. The third-order valence-corrected chi connectivity index (χ3v) is 4.93. The van der Waals surface area contributed by atoms with E-state index in [4.69, 9.17) is 0 Å². The largest absolute Gasteiger partial charge is 0.322 e. The third-order valence-electron chi connectivity index (χ3n) is 4.93. The van der Waals surface area contributed by atoms with Gasteiger partial charge in [-0.3, -0.25) is 0 Å². The monoisotopic (exact) mass is 301 g/mol. The van der Waals surface area contributed by atoms with Crippen LogP contribution in [-0.4, -0.2) is 36.1 Å². The van der Waals surface area contributed by atoms with Crippen molar-refractivity contribution in [3.05, 3.63) is 30.3 Å². The van der Waals surface area contributed by atoms with Gasteiger partial charge in [0.2, 0.25) is 0 Å². The molecule has 0 spiro atoms. The standard InChI is InChI=1S/C18H27N3O/c22-18(20-15-7-3-1-4-8-15)21(16-9-5-2-6-10-16)17-11-13-19-14-12-17/h1,3-4,7-8,16-17,19H,2,5-6,9-14H2,(H,20,22). The van der Waals surface area contributed by atoms with Crippen LogP contribution >= 0.6 is 0 Å². The van der Waals surface area contributed by atoms with Crippen molar-refractivity contribution in [1.29, 1.82) is 0 Å². The van der Waals surface area contributed by atoms with Crippen LogP contribution in [0.25, 0.3) is 0 Å². The van der Waals surface area contributed by atoms with Gasteiger partial charge in [0.1, 0.15) is 0 Å². The van der Waals surface area contributed by atoms with Gasteiger partial charge >= 0.3 is 6.03 Å². The summed E-state index contributed by atoms with van der Waals surface area (Å²) >= 11 is 0. The van der Waals surface area contributed by atoms with Gasteiger partial charge in [-0.05, 0) is 50.9 Å². The van der Waals surface area contributed by atoms with E-state index >= 15 is 0 Å². The lowest BCUT2D eigenvalue weighted by Gasteiger charge is -2.41. The molecular formula is C18H27N3O. The van der Waals surface area contributed by atoms with Gasteiger partial charge in [-0.25, -0.2) is 4.79 Å². The van der Waals surface area contributed by atoms with Crippen LogP contribution in [0.15, 0.2) is 30.3 Å². The molecule has 3 rings (SSSR count). The number of hydrogen-bond donors (Lipinski definition) is 2. The zero-order valence-corrected chi connectivity index (χ0v) is 13.3. The zero-order valence-electron chi connectivity index (χ0n) is 13.3. The number of benzene rings is 1. The van der Waals surface area contributed by atoms with E-state index in [-0.39, 0.29) is 6.03 Å². The molecule has 1 heterocycles. The van der Waals surface area contributed by atoms with E-state index in [1.165, 1.54) is 19.3 Å². The van der Waals surface area contributed by atoms with E-state index in [1.54, 1.807) is 0 Å². The van der Waals surface area contributed by atoms with Crippen molar-refractivity contribution >= 4 is 11.7 Å². The van der Waals surface area contributed by atoms with E-state index in [1.807, 2.05) is 30.3 Å². The van der Waals surface area contributed by atoms with Gasteiger partial charge in [0.25, 0.3) is 0 Å². The summed E-state index contributed by atoms with van der Waals surface area (Å²) in [7, 11) is 0. The number of piperidine rings is 1. The molecule has 0 bridgehead atoms. The average Bonchev–Trinajstić information content (AvgIpc) is 2.58. The lowest BCUT2D eigenvalue weighted by Crippen LogP contribution is -2.53. The average molecular weight is 301 g/mol. The summed E-state index contributed by atoms with van der Waals surface area (Å²) < 4.78 is 0. The maximum absolute atomic E-state index is 12.9. The van der Waals surface area contributed by atoms with Crippen molar-refractivity contribution in [2.45, 2.75) is 57.0 Å². The highest BCUT2D eigenvalue weighted by Gasteiger charge is 2.32. The number of nitrogens with one attached hydrogen (secondary N) is 2. The van der Waals surface area contributed by atoms with Crippen molar-refractivity contribution in [2.75, 3.05) is 18.4 Å². The van der Waals surface area contributed by atoms with E-state index in [2.05, 4.69) is 15.5 Å². The normalized spacial score (nSPS) is 20.5. The van der Waals surface area contributed by atoms with Gasteiger partial charge in [-0.15, -0.1) is 0 Å².